The molecule has 194 valence electrons. The standard InChI is InChI=1S/C29H28Cl2N6S/c1-19-11-15-35(16-12-19)24-9-8-21(17-22(24)31)37-28(27(34-29(37)38)23-5-2-3-13-32-23)25-6-4-14-36(25)26-10-7-20(30)18-33-26/h2-10,13-14,17-19,27-28H,11-12,15-16H2,1H3,(H,34,38)/t27-,28+/m1/s1. The zero-order valence-corrected chi connectivity index (χ0v) is 23.3. The van der Waals surface area contributed by atoms with Gasteiger partial charge in [0.25, 0.3) is 0 Å². The Kier molecular flexibility index (Phi) is 6.99. The molecule has 2 atom stereocenters. The Hall–Kier alpha value is -3.13. The predicted octanol–water partition coefficient (Wildman–Crippen LogP) is 6.99. The van der Waals surface area contributed by atoms with Gasteiger partial charge in [0.2, 0.25) is 0 Å². The zero-order valence-electron chi connectivity index (χ0n) is 21.0. The van der Waals surface area contributed by atoms with Gasteiger partial charge in [0.05, 0.1) is 27.5 Å². The number of halogens is 2. The van der Waals surface area contributed by atoms with Crippen molar-refractivity contribution < 1.29 is 0 Å². The van der Waals surface area contributed by atoms with Crippen LogP contribution in [0.1, 0.15) is 43.2 Å². The highest BCUT2D eigenvalue weighted by molar-refractivity contribution is 7.80. The third kappa shape index (κ3) is 4.75. The van der Waals surface area contributed by atoms with Crippen molar-refractivity contribution in [2.45, 2.75) is 31.8 Å². The Morgan fingerprint density at radius 3 is 2.53 bits per heavy atom. The Bertz CT molecular complexity index is 1430. The number of thiocarbonyl (C=S) groups is 1. The van der Waals surface area contributed by atoms with Crippen molar-refractivity contribution >= 4 is 51.9 Å². The van der Waals surface area contributed by atoms with E-state index in [9.17, 15) is 0 Å². The fourth-order valence-electron chi connectivity index (χ4n) is 5.44. The van der Waals surface area contributed by atoms with E-state index in [1.807, 2.05) is 54.9 Å². The van der Waals surface area contributed by atoms with E-state index < -0.39 is 0 Å². The molecule has 0 amide bonds. The van der Waals surface area contributed by atoms with E-state index in [2.05, 4.69) is 54.8 Å². The van der Waals surface area contributed by atoms with Gasteiger partial charge in [-0.3, -0.25) is 4.98 Å². The number of piperidine rings is 1. The van der Waals surface area contributed by atoms with E-state index in [4.69, 9.17) is 35.4 Å². The molecule has 9 heteroatoms. The minimum Gasteiger partial charge on any atom is -0.370 e. The van der Waals surface area contributed by atoms with Gasteiger partial charge < -0.3 is 19.7 Å². The second-order valence-electron chi connectivity index (χ2n) is 9.94. The van der Waals surface area contributed by atoms with Gasteiger partial charge in [-0.05, 0) is 85.6 Å². The van der Waals surface area contributed by atoms with Crippen LogP contribution in [0.15, 0.2) is 79.3 Å². The van der Waals surface area contributed by atoms with Crippen LogP contribution in [-0.4, -0.2) is 32.7 Å². The first-order chi connectivity index (χ1) is 18.5. The normalized spacial score (nSPS) is 20.1. The first-order valence-electron chi connectivity index (χ1n) is 12.8. The van der Waals surface area contributed by atoms with Gasteiger partial charge in [-0.1, -0.05) is 36.2 Å². The third-order valence-electron chi connectivity index (χ3n) is 7.47. The van der Waals surface area contributed by atoms with Crippen LogP contribution >= 0.6 is 35.4 Å². The number of hydrogen-bond donors (Lipinski definition) is 1. The van der Waals surface area contributed by atoms with E-state index in [1.165, 1.54) is 12.8 Å². The lowest BCUT2D eigenvalue weighted by molar-refractivity contribution is 0.438. The van der Waals surface area contributed by atoms with E-state index in [0.717, 1.165) is 52.6 Å². The van der Waals surface area contributed by atoms with Gasteiger partial charge in [-0.25, -0.2) is 4.98 Å². The molecule has 0 spiro atoms. The summed E-state index contributed by atoms with van der Waals surface area (Å²) in [6.07, 6.45) is 7.84. The van der Waals surface area contributed by atoms with Gasteiger partial charge in [0.1, 0.15) is 11.9 Å². The quantitative estimate of drug-likeness (QED) is 0.264. The molecule has 6 nitrogen and oxygen atoms in total. The average molecular weight is 564 g/mol. The molecule has 38 heavy (non-hydrogen) atoms. The highest BCUT2D eigenvalue weighted by Gasteiger charge is 2.42. The first-order valence-corrected chi connectivity index (χ1v) is 14.0. The summed E-state index contributed by atoms with van der Waals surface area (Å²) in [5.41, 5.74) is 3.94. The molecule has 2 saturated heterocycles. The van der Waals surface area contributed by atoms with Crippen molar-refractivity contribution in [3.63, 3.8) is 0 Å². The van der Waals surface area contributed by atoms with Crippen LogP contribution in [0.25, 0.3) is 5.82 Å². The summed E-state index contributed by atoms with van der Waals surface area (Å²) >= 11 is 19.0. The molecule has 5 heterocycles. The molecule has 0 aliphatic carbocycles. The molecule has 4 aromatic rings. The second-order valence-corrected chi connectivity index (χ2v) is 11.2. The third-order valence-corrected chi connectivity index (χ3v) is 8.31. The number of nitrogens with one attached hydrogen (secondary N) is 1. The Morgan fingerprint density at radius 2 is 1.82 bits per heavy atom. The molecule has 2 aliphatic rings. The van der Waals surface area contributed by atoms with Crippen molar-refractivity contribution in [2.75, 3.05) is 22.9 Å². The lowest BCUT2D eigenvalue weighted by Crippen LogP contribution is -2.33. The van der Waals surface area contributed by atoms with Crippen molar-refractivity contribution in [3.8, 4) is 5.82 Å². The number of anilines is 2. The Morgan fingerprint density at radius 1 is 0.974 bits per heavy atom. The maximum Gasteiger partial charge on any atom is 0.174 e. The number of nitrogens with zero attached hydrogens (tertiary/aromatic N) is 5. The summed E-state index contributed by atoms with van der Waals surface area (Å²) in [4.78, 5) is 13.8. The molecule has 0 radical (unpaired) electrons. The van der Waals surface area contributed by atoms with Gasteiger partial charge >= 0.3 is 0 Å². The van der Waals surface area contributed by atoms with E-state index in [0.29, 0.717) is 10.1 Å². The summed E-state index contributed by atoms with van der Waals surface area (Å²) in [5.74, 6) is 1.53. The number of pyridine rings is 2. The molecule has 1 N–H and O–H groups in total. The summed E-state index contributed by atoms with van der Waals surface area (Å²) in [7, 11) is 0. The van der Waals surface area contributed by atoms with Crippen LogP contribution < -0.4 is 15.1 Å². The molecular weight excluding hydrogens is 535 g/mol. The molecule has 0 saturated carbocycles. The maximum atomic E-state index is 6.92. The molecule has 0 unspecified atom stereocenters. The minimum absolute atomic E-state index is 0.174. The van der Waals surface area contributed by atoms with Crippen LogP contribution in [0.2, 0.25) is 10.0 Å². The highest BCUT2D eigenvalue weighted by atomic mass is 35.5. The smallest absolute Gasteiger partial charge is 0.174 e. The molecule has 2 fully saturated rings. The highest BCUT2D eigenvalue weighted by Crippen LogP contribution is 2.44. The van der Waals surface area contributed by atoms with Crippen LogP contribution in [-0.2, 0) is 0 Å². The topological polar surface area (TPSA) is 49.2 Å². The second kappa shape index (κ2) is 10.6. The van der Waals surface area contributed by atoms with Crippen molar-refractivity contribution in [3.05, 3.63) is 101 Å². The van der Waals surface area contributed by atoms with E-state index in [1.54, 1.807) is 6.20 Å². The van der Waals surface area contributed by atoms with Gasteiger partial charge in [0, 0.05) is 43.1 Å². The summed E-state index contributed by atoms with van der Waals surface area (Å²) < 4.78 is 2.07. The number of benzene rings is 1. The lowest BCUT2D eigenvalue weighted by Gasteiger charge is -2.33. The fourth-order valence-corrected chi connectivity index (χ4v) is 6.19. The van der Waals surface area contributed by atoms with Crippen LogP contribution in [0.3, 0.4) is 0 Å². The Balaban J connectivity index is 1.42. The summed E-state index contributed by atoms with van der Waals surface area (Å²) in [5, 5.41) is 5.48. The molecular formula is C29H28Cl2N6S. The lowest BCUT2D eigenvalue weighted by atomic mass is 9.98. The first kappa shape index (κ1) is 25.2. The summed E-state index contributed by atoms with van der Waals surface area (Å²) in [6, 6.07) is 19.7. The van der Waals surface area contributed by atoms with Crippen molar-refractivity contribution in [1.29, 1.82) is 0 Å². The van der Waals surface area contributed by atoms with Crippen LogP contribution in [0, 0.1) is 5.92 Å². The van der Waals surface area contributed by atoms with Crippen molar-refractivity contribution in [1.82, 2.24) is 19.9 Å². The molecule has 0 bridgehead atoms. The monoisotopic (exact) mass is 562 g/mol. The van der Waals surface area contributed by atoms with Crippen LogP contribution in [0.4, 0.5) is 11.4 Å². The number of hydrogen-bond acceptors (Lipinski definition) is 4. The number of aromatic nitrogens is 3. The molecule has 2 aliphatic heterocycles. The molecule has 6 rings (SSSR count). The van der Waals surface area contributed by atoms with E-state index >= 15 is 0 Å². The molecule has 1 aromatic carbocycles. The van der Waals surface area contributed by atoms with Crippen molar-refractivity contribution in [2.24, 2.45) is 5.92 Å². The maximum absolute atomic E-state index is 6.92. The van der Waals surface area contributed by atoms with Crippen LogP contribution in [0.5, 0.6) is 0 Å². The largest absolute Gasteiger partial charge is 0.370 e. The SMILES string of the molecule is CC1CCN(c2ccc(N3C(=S)N[C@H](c4ccccn4)[C@@H]3c3cccn3-c3ccc(Cl)cn3)cc2Cl)CC1. The minimum atomic E-state index is -0.192. The number of rotatable bonds is 5. The Labute approximate surface area is 238 Å². The molecule has 3 aromatic heterocycles. The summed E-state index contributed by atoms with van der Waals surface area (Å²) in [6.45, 7) is 4.36. The zero-order chi connectivity index (χ0) is 26.2. The van der Waals surface area contributed by atoms with Gasteiger partial charge in [0.15, 0.2) is 5.11 Å². The van der Waals surface area contributed by atoms with Gasteiger partial charge in [-0.15, -0.1) is 0 Å². The van der Waals surface area contributed by atoms with E-state index in [-0.39, 0.29) is 12.1 Å². The average Bonchev–Trinajstić information content (AvgIpc) is 3.54. The fraction of sp³-hybridized carbons (Fsp3) is 0.276. The van der Waals surface area contributed by atoms with Gasteiger partial charge in [-0.2, -0.15) is 0 Å². The predicted molar refractivity (Wildman–Crippen MR) is 159 cm³/mol.